The zero-order valence-corrected chi connectivity index (χ0v) is 6.68. The third-order valence-electron chi connectivity index (χ3n) is 2.01. The fraction of sp³-hybridized carbons (Fsp3) is 0.857. The van der Waals surface area contributed by atoms with Gasteiger partial charge in [-0.2, -0.15) is 0 Å². The Hall–Kier alpha value is -0.770. The number of carboxylic acid groups (broad SMARTS) is 1. The molecule has 1 rings (SSSR count). The Labute approximate surface area is 66.0 Å². The van der Waals surface area contributed by atoms with Gasteiger partial charge >= 0.3 is 6.09 Å². The number of piperidine rings is 1. The molecule has 1 amide bonds. The van der Waals surface area contributed by atoms with E-state index in [4.69, 9.17) is 5.11 Å². The lowest BCUT2D eigenvalue weighted by Crippen LogP contribution is -2.55. The van der Waals surface area contributed by atoms with Crippen molar-refractivity contribution in [2.75, 3.05) is 13.1 Å². The van der Waals surface area contributed by atoms with Crippen LogP contribution in [0.5, 0.6) is 0 Å². The Balaban J connectivity index is 2.43. The summed E-state index contributed by atoms with van der Waals surface area (Å²) >= 11 is 0. The van der Waals surface area contributed by atoms with Gasteiger partial charge in [0, 0.05) is 6.54 Å². The fourth-order valence-electron chi connectivity index (χ4n) is 1.42. The van der Waals surface area contributed by atoms with Crippen LogP contribution in [0.15, 0.2) is 0 Å². The van der Waals surface area contributed by atoms with Gasteiger partial charge in [0.15, 0.2) is 0 Å². The van der Waals surface area contributed by atoms with Crippen LogP contribution in [0, 0.1) is 0 Å². The van der Waals surface area contributed by atoms with Gasteiger partial charge < -0.3 is 15.7 Å². The highest BCUT2D eigenvalue weighted by Crippen LogP contribution is 2.14. The second-order valence-electron chi connectivity index (χ2n) is 3.27. The van der Waals surface area contributed by atoms with Crippen molar-refractivity contribution in [3.63, 3.8) is 0 Å². The molecule has 0 aromatic rings. The Bertz CT molecular complexity index is 153. The van der Waals surface area contributed by atoms with Gasteiger partial charge in [0.2, 0.25) is 0 Å². The first-order valence-corrected chi connectivity index (χ1v) is 3.84. The summed E-state index contributed by atoms with van der Waals surface area (Å²) in [5.41, 5.74) is -0.260. The Morgan fingerprint density at radius 1 is 1.73 bits per heavy atom. The van der Waals surface area contributed by atoms with Gasteiger partial charge in [-0.1, -0.05) is 0 Å². The topological polar surface area (TPSA) is 61.4 Å². The van der Waals surface area contributed by atoms with Crippen LogP contribution in [0.2, 0.25) is 0 Å². The van der Waals surface area contributed by atoms with Crippen molar-refractivity contribution in [2.45, 2.75) is 25.3 Å². The van der Waals surface area contributed by atoms with Crippen LogP contribution in [0.4, 0.5) is 4.79 Å². The van der Waals surface area contributed by atoms with Crippen molar-refractivity contribution in [3.8, 4) is 0 Å². The van der Waals surface area contributed by atoms with E-state index in [-0.39, 0.29) is 5.54 Å². The fourth-order valence-corrected chi connectivity index (χ4v) is 1.42. The molecule has 3 N–H and O–H groups in total. The quantitative estimate of drug-likeness (QED) is 0.517. The molecule has 0 unspecified atom stereocenters. The monoisotopic (exact) mass is 158 g/mol. The van der Waals surface area contributed by atoms with E-state index in [0.717, 1.165) is 25.9 Å². The number of rotatable bonds is 1. The van der Waals surface area contributed by atoms with E-state index in [1.807, 2.05) is 6.92 Å². The molecule has 0 aromatic carbocycles. The van der Waals surface area contributed by atoms with E-state index in [1.165, 1.54) is 0 Å². The molecular formula is C7H14N2O2. The van der Waals surface area contributed by atoms with Crippen LogP contribution < -0.4 is 10.6 Å². The first kappa shape index (κ1) is 8.33. The van der Waals surface area contributed by atoms with Gasteiger partial charge in [-0.15, -0.1) is 0 Å². The third-order valence-corrected chi connectivity index (χ3v) is 2.01. The van der Waals surface area contributed by atoms with Gasteiger partial charge in [0.1, 0.15) is 0 Å². The van der Waals surface area contributed by atoms with Gasteiger partial charge in [-0.05, 0) is 26.3 Å². The zero-order chi connectivity index (χ0) is 8.32. The van der Waals surface area contributed by atoms with E-state index in [2.05, 4.69) is 10.6 Å². The van der Waals surface area contributed by atoms with Crippen molar-refractivity contribution in [3.05, 3.63) is 0 Å². The standard InChI is InChI=1S/C7H14N2O2/c1-7(9-6(10)11)3-2-4-8-5-7/h8-9H,2-5H2,1H3,(H,10,11)/t7-/m1/s1. The predicted molar refractivity (Wildman–Crippen MR) is 41.7 cm³/mol. The summed E-state index contributed by atoms with van der Waals surface area (Å²) < 4.78 is 0. The average Bonchev–Trinajstić information content (AvgIpc) is 1.85. The van der Waals surface area contributed by atoms with Crippen LogP contribution >= 0.6 is 0 Å². The van der Waals surface area contributed by atoms with E-state index in [0.29, 0.717) is 0 Å². The van der Waals surface area contributed by atoms with Gasteiger partial charge in [-0.25, -0.2) is 4.79 Å². The Morgan fingerprint density at radius 3 is 2.91 bits per heavy atom. The second kappa shape index (κ2) is 3.09. The van der Waals surface area contributed by atoms with Crippen molar-refractivity contribution in [1.29, 1.82) is 0 Å². The zero-order valence-electron chi connectivity index (χ0n) is 6.68. The molecule has 0 aromatic heterocycles. The van der Waals surface area contributed by atoms with Crippen LogP contribution in [0.3, 0.4) is 0 Å². The molecule has 4 heteroatoms. The highest BCUT2D eigenvalue weighted by molar-refractivity contribution is 5.65. The molecule has 0 aliphatic carbocycles. The molecule has 1 saturated heterocycles. The summed E-state index contributed by atoms with van der Waals surface area (Å²) in [6.07, 6.45) is 1.03. The lowest BCUT2D eigenvalue weighted by molar-refractivity contribution is 0.172. The molecule has 1 aliphatic rings. The maximum Gasteiger partial charge on any atom is 0.405 e. The maximum absolute atomic E-state index is 10.3. The first-order valence-electron chi connectivity index (χ1n) is 3.84. The lowest BCUT2D eigenvalue weighted by atomic mass is 9.93. The minimum Gasteiger partial charge on any atom is -0.465 e. The molecule has 1 fully saturated rings. The molecule has 4 nitrogen and oxygen atoms in total. The number of amides is 1. The molecule has 0 spiro atoms. The van der Waals surface area contributed by atoms with E-state index in [1.54, 1.807) is 0 Å². The maximum atomic E-state index is 10.3. The minimum atomic E-state index is -0.934. The van der Waals surface area contributed by atoms with Crippen molar-refractivity contribution >= 4 is 6.09 Å². The largest absolute Gasteiger partial charge is 0.465 e. The smallest absolute Gasteiger partial charge is 0.405 e. The molecule has 1 atom stereocenters. The van der Waals surface area contributed by atoms with Crippen molar-refractivity contribution < 1.29 is 9.90 Å². The summed E-state index contributed by atoms with van der Waals surface area (Å²) in [6.45, 7) is 3.66. The highest BCUT2D eigenvalue weighted by atomic mass is 16.4. The van der Waals surface area contributed by atoms with Crippen LogP contribution in [-0.2, 0) is 0 Å². The van der Waals surface area contributed by atoms with Gasteiger partial charge in [-0.3, -0.25) is 0 Å². The molecule has 0 saturated carbocycles. The summed E-state index contributed by atoms with van der Waals surface area (Å²) in [5.74, 6) is 0. The molecular weight excluding hydrogens is 144 g/mol. The van der Waals surface area contributed by atoms with Crippen LogP contribution in [0.1, 0.15) is 19.8 Å². The third kappa shape index (κ3) is 2.38. The molecule has 1 heterocycles. The van der Waals surface area contributed by atoms with Crippen LogP contribution in [-0.4, -0.2) is 29.8 Å². The van der Waals surface area contributed by atoms with Crippen molar-refractivity contribution in [2.24, 2.45) is 0 Å². The second-order valence-corrected chi connectivity index (χ2v) is 3.27. The van der Waals surface area contributed by atoms with E-state index < -0.39 is 6.09 Å². The number of nitrogens with one attached hydrogen (secondary N) is 2. The SMILES string of the molecule is C[C@@]1(NC(=O)O)CCCNC1. The molecule has 0 radical (unpaired) electrons. The summed E-state index contributed by atoms with van der Waals surface area (Å²) in [7, 11) is 0. The van der Waals surface area contributed by atoms with Gasteiger partial charge in [0.05, 0.1) is 5.54 Å². The summed E-state index contributed by atoms with van der Waals surface area (Å²) in [4.78, 5) is 10.3. The van der Waals surface area contributed by atoms with Crippen LogP contribution in [0.25, 0.3) is 0 Å². The van der Waals surface area contributed by atoms with Crippen molar-refractivity contribution in [1.82, 2.24) is 10.6 Å². The molecule has 64 valence electrons. The summed E-state index contributed by atoms with van der Waals surface area (Å²) in [5, 5.41) is 14.2. The number of carbonyl (C=O) groups is 1. The molecule has 0 bridgehead atoms. The number of hydrogen-bond acceptors (Lipinski definition) is 2. The number of hydrogen-bond donors (Lipinski definition) is 3. The first-order chi connectivity index (χ1) is 5.12. The lowest BCUT2D eigenvalue weighted by Gasteiger charge is -2.33. The average molecular weight is 158 g/mol. The normalized spacial score (nSPS) is 31.4. The highest BCUT2D eigenvalue weighted by Gasteiger charge is 2.27. The minimum absolute atomic E-state index is 0.260. The van der Waals surface area contributed by atoms with Gasteiger partial charge in [0.25, 0.3) is 0 Å². The summed E-state index contributed by atoms with van der Waals surface area (Å²) in [6, 6.07) is 0. The molecule has 11 heavy (non-hydrogen) atoms. The molecule has 1 aliphatic heterocycles. The predicted octanol–water partition coefficient (Wildman–Crippen LogP) is 0.396. The Kier molecular flexibility index (Phi) is 2.34. The van der Waals surface area contributed by atoms with E-state index >= 15 is 0 Å². The van der Waals surface area contributed by atoms with E-state index in [9.17, 15) is 4.79 Å². The Morgan fingerprint density at radius 2 is 2.45 bits per heavy atom.